The monoisotopic (exact) mass is 755 g/mol. The average Bonchev–Trinajstić information content (AvgIpc) is 3.11. The van der Waals surface area contributed by atoms with Crippen LogP contribution in [-0.4, -0.2) is 50.4 Å². The molecule has 1 N–H and O–H groups in total. The van der Waals surface area contributed by atoms with Crippen LogP contribution in [0.5, 0.6) is 5.75 Å². The Morgan fingerprint density at radius 1 is 0.840 bits per heavy atom. The summed E-state index contributed by atoms with van der Waals surface area (Å²) < 4.78 is 35.2. The molecule has 8 nitrogen and oxygen atoms in total. The minimum atomic E-state index is -4.29. The summed E-state index contributed by atoms with van der Waals surface area (Å²) in [5.74, 6) is -0.334. The van der Waals surface area contributed by atoms with Crippen LogP contribution in [0.3, 0.4) is 0 Å². The molecule has 4 aromatic carbocycles. The number of anilines is 1. The van der Waals surface area contributed by atoms with Crippen molar-refractivity contribution in [2.45, 2.75) is 69.0 Å². The van der Waals surface area contributed by atoms with Gasteiger partial charge in [-0.25, -0.2) is 8.42 Å². The first-order valence-corrected chi connectivity index (χ1v) is 19.2. The molecular weight excluding hydrogens is 717 g/mol. The topological polar surface area (TPSA) is 96.0 Å². The molecule has 0 unspecified atom stereocenters. The van der Waals surface area contributed by atoms with E-state index in [-0.39, 0.29) is 35.5 Å². The molecule has 1 aliphatic rings. The van der Waals surface area contributed by atoms with Crippen LogP contribution >= 0.6 is 34.8 Å². The fraction of sp³-hybridized carbons (Fsp3) is 0.316. The summed E-state index contributed by atoms with van der Waals surface area (Å²) >= 11 is 18.7. The van der Waals surface area contributed by atoms with E-state index in [0.717, 1.165) is 42.0 Å². The van der Waals surface area contributed by atoms with Gasteiger partial charge in [-0.1, -0.05) is 90.5 Å². The standard InChI is InChI=1S/C38H40Cl3N3O5S/c1-2-49-32-18-16-31(17-19-32)44(50(47,48)33-20-14-29(39)15-21-33)26-37(45)43(25-28-13-22-34(40)35(41)23-28)36(24-27-9-5-3-6-10-27)38(46)42-30-11-7-4-8-12-30/h3,5-6,9-10,13-23,30,36H,2,4,7-8,11-12,24-26H2,1H3,(H,42,46)/t36-/m1/s1. The third-order valence-corrected chi connectivity index (χ3v) is 11.5. The number of ether oxygens (including phenoxy) is 1. The molecule has 0 aliphatic heterocycles. The zero-order chi connectivity index (χ0) is 35.7. The second kappa shape index (κ2) is 17.4. The molecule has 4 aromatic rings. The van der Waals surface area contributed by atoms with E-state index >= 15 is 0 Å². The number of nitrogens with one attached hydrogen (secondary N) is 1. The lowest BCUT2D eigenvalue weighted by atomic mass is 9.94. The fourth-order valence-electron chi connectivity index (χ4n) is 6.07. The highest BCUT2D eigenvalue weighted by Gasteiger charge is 2.35. The van der Waals surface area contributed by atoms with Crippen LogP contribution in [0.1, 0.15) is 50.2 Å². The van der Waals surface area contributed by atoms with Gasteiger partial charge in [0.05, 0.1) is 27.2 Å². The summed E-state index contributed by atoms with van der Waals surface area (Å²) in [6, 6.07) is 25.7. The SMILES string of the molecule is CCOc1ccc(N(CC(=O)N(Cc2ccc(Cl)c(Cl)c2)[C@H](Cc2ccccc2)C(=O)NC2CCCCC2)S(=O)(=O)c2ccc(Cl)cc2)cc1. The van der Waals surface area contributed by atoms with Crippen molar-refractivity contribution in [1.82, 2.24) is 10.2 Å². The summed E-state index contributed by atoms with van der Waals surface area (Å²) in [4.78, 5) is 30.4. The molecule has 0 bridgehead atoms. The maximum atomic E-state index is 14.7. The van der Waals surface area contributed by atoms with Crippen molar-refractivity contribution in [1.29, 1.82) is 0 Å². The zero-order valence-corrected chi connectivity index (χ0v) is 30.8. The van der Waals surface area contributed by atoms with Crippen molar-refractivity contribution in [3.63, 3.8) is 0 Å². The minimum Gasteiger partial charge on any atom is -0.494 e. The van der Waals surface area contributed by atoms with Crippen LogP contribution in [0.4, 0.5) is 5.69 Å². The van der Waals surface area contributed by atoms with Gasteiger partial charge in [0.15, 0.2) is 0 Å². The average molecular weight is 757 g/mol. The summed E-state index contributed by atoms with van der Waals surface area (Å²) in [6.45, 7) is 1.66. The molecule has 0 heterocycles. The van der Waals surface area contributed by atoms with E-state index in [1.54, 1.807) is 42.5 Å². The van der Waals surface area contributed by atoms with Gasteiger partial charge in [0, 0.05) is 24.0 Å². The first kappa shape index (κ1) is 37.5. The van der Waals surface area contributed by atoms with E-state index in [2.05, 4.69) is 5.32 Å². The first-order valence-electron chi connectivity index (χ1n) is 16.6. The van der Waals surface area contributed by atoms with E-state index in [9.17, 15) is 18.0 Å². The molecule has 1 saturated carbocycles. The molecule has 1 atom stereocenters. The van der Waals surface area contributed by atoms with Crippen molar-refractivity contribution in [3.8, 4) is 5.75 Å². The lowest BCUT2D eigenvalue weighted by Crippen LogP contribution is -2.55. The second-order valence-electron chi connectivity index (χ2n) is 12.2. The molecule has 1 fully saturated rings. The van der Waals surface area contributed by atoms with Crippen LogP contribution < -0.4 is 14.4 Å². The highest BCUT2D eigenvalue weighted by Crippen LogP contribution is 2.29. The molecule has 0 radical (unpaired) electrons. The fourth-order valence-corrected chi connectivity index (χ4v) is 7.93. The Hall–Kier alpha value is -3.76. The molecule has 0 saturated heterocycles. The van der Waals surface area contributed by atoms with Gasteiger partial charge < -0.3 is 15.0 Å². The molecule has 264 valence electrons. The molecule has 0 spiro atoms. The molecular formula is C38H40Cl3N3O5S. The molecule has 5 rings (SSSR count). The number of sulfonamides is 1. The van der Waals surface area contributed by atoms with E-state index in [1.165, 1.54) is 29.2 Å². The Bertz CT molecular complexity index is 1850. The van der Waals surface area contributed by atoms with Gasteiger partial charge in [0.1, 0.15) is 18.3 Å². The largest absolute Gasteiger partial charge is 0.494 e. The minimum absolute atomic E-state index is 0.0120. The Morgan fingerprint density at radius 2 is 1.52 bits per heavy atom. The van der Waals surface area contributed by atoms with Gasteiger partial charge in [0.2, 0.25) is 11.8 Å². The predicted octanol–water partition coefficient (Wildman–Crippen LogP) is 8.33. The number of benzene rings is 4. The number of hydrogen-bond acceptors (Lipinski definition) is 5. The zero-order valence-electron chi connectivity index (χ0n) is 27.7. The predicted molar refractivity (Wildman–Crippen MR) is 200 cm³/mol. The van der Waals surface area contributed by atoms with Gasteiger partial charge >= 0.3 is 0 Å². The van der Waals surface area contributed by atoms with Gasteiger partial charge in [0.25, 0.3) is 10.0 Å². The second-order valence-corrected chi connectivity index (χ2v) is 15.3. The molecule has 0 aromatic heterocycles. The van der Waals surface area contributed by atoms with Crippen LogP contribution in [0, 0.1) is 0 Å². The van der Waals surface area contributed by atoms with Crippen molar-refractivity contribution < 1.29 is 22.7 Å². The quantitative estimate of drug-likeness (QED) is 0.140. The number of carbonyl (C=O) groups excluding carboxylic acids is 2. The lowest BCUT2D eigenvalue weighted by Gasteiger charge is -2.35. The van der Waals surface area contributed by atoms with Gasteiger partial charge in [-0.2, -0.15) is 0 Å². The third-order valence-electron chi connectivity index (χ3n) is 8.68. The van der Waals surface area contributed by atoms with Gasteiger partial charge in [-0.15, -0.1) is 0 Å². The van der Waals surface area contributed by atoms with E-state index in [1.807, 2.05) is 37.3 Å². The van der Waals surface area contributed by atoms with Gasteiger partial charge in [-0.3, -0.25) is 13.9 Å². The van der Waals surface area contributed by atoms with Crippen molar-refractivity contribution >= 4 is 62.3 Å². The Labute approximate surface area is 309 Å². The highest BCUT2D eigenvalue weighted by atomic mass is 35.5. The highest BCUT2D eigenvalue weighted by molar-refractivity contribution is 7.92. The Kier molecular flexibility index (Phi) is 13.1. The molecule has 50 heavy (non-hydrogen) atoms. The molecule has 1 aliphatic carbocycles. The number of nitrogens with zero attached hydrogens (tertiary/aromatic N) is 2. The first-order chi connectivity index (χ1) is 24.0. The number of hydrogen-bond donors (Lipinski definition) is 1. The van der Waals surface area contributed by atoms with Crippen molar-refractivity contribution in [3.05, 3.63) is 123 Å². The van der Waals surface area contributed by atoms with E-state index in [4.69, 9.17) is 39.5 Å². The van der Waals surface area contributed by atoms with E-state index in [0.29, 0.717) is 33.0 Å². The summed E-state index contributed by atoms with van der Waals surface area (Å²) in [5.41, 5.74) is 1.72. The van der Waals surface area contributed by atoms with Crippen molar-refractivity contribution in [2.75, 3.05) is 17.5 Å². The Balaban J connectivity index is 1.57. The number of carbonyl (C=O) groups is 2. The molecule has 2 amide bonds. The lowest BCUT2D eigenvalue weighted by molar-refractivity contribution is -0.140. The van der Waals surface area contributed by atoms with Crippen LogP contribution in [0.15, 0.2) is 102 Å². The maximum absolute atomic E-state index is 14.7. The van der Waals surface area contributed by atoms with E-state index < -0.39 is 28.5 Å². The number of halogens is 3. The van der Waals surface area contributed by atoms with Crippen LogP contribution in [0.25, 0.3) is 0 Å². The third kappa shape index (κ3) is 9.72. The van der Waals surface area contributed by atoms with Crippen LogP contribution in [-0.2, 0) is 32.6 Å². The summed E-state index contributed by atoms with van der Waals surface area (Å²) in [6.07, 6.45) is 5.06. The normalized spacial score (nSPS) is 14.1. The number of amides is 2. The number of rotatable bonds is 14. The molecule has 12 heteroatoms. The van der Waals surface area contributed by atoms with Gasteiger partial charge in [-0.05, 0) is 91.6 Å². The maximum Gasteiger partial charge on any atom is 0.264 e. The summed E-state index contributed by atoms with van der Waals surface area (Å²) in [7, 11) is -4.29. The smallest absolute Gasteiger partial charge is 0.264 e. The van der Waals surface area contributed by atoms with Crippen molar-refractivity contribution in [2.24, 2.45) is 0 Å². The summed E-state index contributed by atoms with van der Waals surface area (Å²) in [5, 5.41) is 4.22. The Morgan fingerprint density at radius 3 is 2.16 bits per heavy atom. The van der Waals surface area contributed by atoms with Crippen LogP contribution in [0.2, 0.25) is 15.1 Å².